The molecule has 1 aromatic rings. The lowest BCUT2D eigenvalue weighted by atomic mass is 9.69. The van der Waals surface area contributed by atoms with Crippen LogP contribution < -0.4 is 4.74 Å². The standard InChI is InChI=1S/C21H27F2NO3/c1-20(26)10-16(11-20)18(25)24-12-21(13-24)7-6-15(9-21)8-14-2-4-17(5-3-14)27-19(22)23/h2-5,15-16,19,26H,6-13H2,1H3. The summed E-state index contributed by atoms with van der Waals surface area (Å²) in [4.78, 5) is 14.4. The highest BCUT2D eigenvalue weighted by atomic mass is 19.3. The monoisotopic (exact) mass is 379 g/mol. The Bertz CT molecular complexity index is 690. The van der Waals surface area contributed by atoms with Gasteiger partial charge in [0.2, 0.25) is 5.91 Å². The normalized spacial score (nSPS) is 31.7. The molecule has 1 saturated heterocycles. The molecule has 1 aromatic carbocycles. The highest BCUT2D eigenvalue weighted by molar-refractivity contribution is 5.81. The van der Waals surface area contributed by atoms with Gasteiger partial charge in [-0.2, -0.15) is 8.78 Å². The fourth-order valence-corrected chi connectivity index (χ4v) is 5.28. The van der Waals surface area contributed by atoms with Crippen LogP contribution in [0.1, 0.15) is 44.6 Å². The number of benzene rings is 1. The van der Waals surface area contributed by atoms with Crippen LogP contribution in [0.5, 0.6) is 5.75 Å². The van der Waals surface area contributed by atoms with Gasteiger partial charge in [-0.3, -0.25) is 4.79 Å². The Balaban J connectivity index is 1.24. The molecule has 4 nitrogen and oxygen atoms in total. The summed E-state index contributed by atoms with van der Waals surface area (Å²) in [6, 6.07) is 6.93. The fraction of sp³-hybridized carbons (Fsp3) is 0.667. The highest BCUT2D eigenvalue weighted by Gasteiger charge is 2.52. The van der Waals surface area contributed by atoms with Crippen molar-refractivity contribution >= 4 is 5.91 Å². The molecule has 3 aliphatic rings. The first-order chi connectivity index (χ1) is 12.7. The first kappa shape index (κ1) is 18.7. The van der Waals surface area contributed by atoms with Crippen LogP contribution in [-0.2, 0) is 11.2 Å². The minimum atomic E-state index is -2.79. The number of rotatable bonds is 5. The maximum atomic E-state index is 12.5. The second-order valence-electron chi connectivity index (χ2n) is 9.13. The van der Waals surface area contributed by atoms with E-state index in [-0.39, 0.29) is 23.0 Å². The van der Waals surface area contributed by atoms with Gasteiger partial charge >= 0.3 is 6.61 Å². The number of nitrogens with zero attached hydrogens (tertiary/aromatic N) is 1. The molecule has 1 heterocycles. The number of likely N-dealkylation sites (tertiary alicyclic amines) is 1. The van der Waals surface area contributed by atoms with Gasteiger partial charge in [0.15, 0.2) is 0 Å². The van der Waals surface area contributed by atoms with E-state index in [2.05, 4.69) is 4.74 Å². The zero-order valence-electron chi connectivity index (χ0n) is 15.7. The molecule has 2 saturated carbocycles. The second-order valence-corrected chi connectivity index (χ2v) is 9.13. The third-order valence-corrected chi connectivity index (χ3v) is 6.56. The summed E-state index contributed by atoms with van der Waals surface area (Å²) >= 11 is 0. The molecule has 0 radical (unpaired) electrons. The summed E-state index contributed by atoms with van der Waals surface area (Å²) < 4.78 is 28.8. The molecule has 148 valence electrons. The average molecular weight is 379 g/mol. The lowest BCUT2D eigenvalue weighted by Gasteiger charge is -2.52. The summed E-state index contributed by atoms with van der Waals surface area (Å²) in [6.45, 7) is 0.702. The highest BCUT2D eigenvalue weighted by Crippen LogP contribution is 2.50. The van der Waals surface area contributed by atoms with E-state index in [1.165, 1.54) is 0 Å². The number of halogens is 2. The zero-order valence-corrected chi connectivity index (χ0v) is 15.7. The topological polar surface area (TPSA) is 49.8 Å². The van der Waals surface area contributed by atoms with Gasteiger partial charge in [-0.1, -0.05) is 12.1 Å². The molecular formula is C21H27F2NO3. The number of carbonyl (C=O) groups is 1. The van der Waals surface area contributed by atoms with Gasteiger partial charge in [-0.05, 0) is 69.1 Å². The van der Waals surface area contributed by atoms with Crippen LogP contribution in [-0.4, -0.2) is 41.2 Å². The van der Waals surface area contributed by atoms with Crippen LogP contribution in [0, 0.1) is 17.3 Å². The largest absolute Gasteiger partial charge is 0.435 e. The summed E-state index contributed by atoms with van der Waals surface area (Å²) in [5, 5.41) is 9.83. The van der Waals surface area contributed by atoms with E-state index in [4.69, 9.17) is 0 Å². The molecule has 1 unspecified atom stereocenters. The van der Waals surface area contributed by atoms with Crippen molar-refractivity contribution in [3.8, 4) is 5.75 Å². The van der Waals surface area contributed by atoms with Crippen molar-refractivity contribution in [2.24, 2.45) is 17.3 Å². The molecule has 1 spiro atoms. The second kappa shape index (κ2) is 6.73. The Morgan fingerprint density at radius 1 is 1.26 bits per heavy atom. The predicted octanol–water partition coefficient (Wildman–Crippen LogP) is 3.62. The average Bonchev–Trinajstić information content (AvgIpc) is 2.96. The Morgan fingerprint density at radius 2 is 1.93 bits per heavy atom. The number of carbonyl (C=O) groups excluding carboxylic acids is 1. The number of hydrogen-bond acceptors (Lipinski definition) is 3. The fourth-order valence-electron chi connectivity index (χ4n) is 5.28. The maximum absolute atomic E-state index is 12.5. The first-order valence-corrected chi connectivity index (χ1v) is 9.79. The van der Waals surface area contributed by atoms with Crippen LogP contribution in [0.2, 0.25) is 0 Å². The van der Waals surface area contributed by atoms with E-state index in [1.54, 1.807) is 19.1 Å². The minimum Gasteiger partial charge on any atom is -0.435 e. The van der Waals surface area contributed by atoms with Gasteiger partial charge in [0.1, 0.15) is 5.75 Å². The molecule has 1 N–H and O–H groups in total. The van der Waals surface area contributed by atoms with E-state index in [1.807, 2.05) is 17.0 Å². The van der Waals surface area contributed by atoms with Gasteiger partial charge in [-0.15, -0.1) is 0 Å². The summed E-state index contributed by atoms with van der Waals surface area (Å²) in [7, 11) is 0. The van der Waals surface area contributed by atoms with E-state index >= 15 is 0 Å². The van der Waals surface area contributed by atoms with Crippen LogP contribution >= 0.6 is 0 Å². The Morgan fingerprint density at radius 3 is 2.52 bits per heavy atom. The van der Waals surface area contributed by atoms with Gasteiger partial charge < -0.3 is 14.7 Å². The Kier molecular flexibility index (Phi) is 4.65. The SMILES string of the molecule is CC1(O)CC(C(=O)N2CC3(CCC(Cc4ccc(OC(F)F)cc4)C3)C2)C1. The Hall–Kier alpha value is -1.69. The molecule has 3 fully saturated rings. The third kappa shape index (κ3) is 3.96. The van der Waals surface area contributed by atoms with Crippen molar-refractivity contribution in [2.75, 3.05) is 13.1 Å². The molecule has 1 aliphatic heterocycles. The smallest absolute Gasteiger partial charge is 0.387 e. The predicted molar refractivity (Wildman–Crippen MR) is 96.5 cm³/mol. The van der Waals surface area contributed by atoms with Crippen LogP contribution in [0.4, 0.5) is 8.78 Å². The lowest BCUT2D eigenvalue weighted by Crippen LogP contribution is -2.61. The minimum absolute atomic E-state index is 0.00326. The summed E-state index contributed by atoms with van der Waals surface area (Å²) in [5.41, 5.74) is 0.755. The molecule has 0 aromatic heterocycles. The first-order valence-electron chi connectivity index (χ1n) is 9.79. The van der Waals surface area contributed by atoms with Crippen molar-refractivity contribution in [3.63, 3.8) is 0 Å². The van der Waals surface area contributed by atoms with Gasteiger partial charge in [-0.25, -0.2) is 0 Å². The maximum Gasteiger partial charge on any atom is 0.387 e. The van der Waals surface area contributed by atoms with Crippen LogP contribution in [0.3, 0.4) is 0 Å². The quantitative estimate of drug-likeness (QED) is 0.850. The molecule has 1 atom stereocenters. The van der Waals surface area contributed by atoms with Crippen LogP contribution in [0.15, 0.2) is 24.3 Å². The van der Waals surface area contributed by atoms with Crippen molar-refractivity contribution in [2.45, 2.75) is 57.7 Å². The van der Waals surface area contributed by atoms with E-state index < -0.39 is 12.2 Å². The van der Waals surface area contributed by atoms with E-state index in [9.17, 15) is 18.7 Å². The van der Waals surface area contributed by atoms with Gasteiger partial charge in [0.25, 0.3) is 0 Å². The molecule has 27 heavy (non-hydrogen) atoms. The molecule has 2 aliphatic carbocycles. The number of hydrogen-bond donors (Lipinski definition) is 1. The van der Waals surface area contributed by atoms with Crippen molar-refractivity contribution in [1.82, 2.24) is 4.90 Å². The molecule has 6 heteroatoms. The van der Waals surface area contributed by atoms with Gasteiger partial charge in [0, 0.05) is 24.4 Å². The van der Waals surface area contributed by atoms with Crippen molar-refractivity contribution in [3.05, 3.63) is 29.8 Å². The Labute approximate surface area is 158 Å². The van der Waals surface area contributed by atoms with Crippen molar-refractivity contribution < 1.29 is 23.4 Å². The zero-order chi connectivity index (χ0) is 19.2. The summed E-state index contributed by atoms with van der Waals surface area (Å²) in [5.74, 6) is 0.988. The summed E-state index contributed by atoms with van der Waals surface area (Å²) in [6.07, 6.45) is 5.53. The number of ether oxygens (including phenoxy) is 1. The van der Waals surface area contributed by atoms with E-state index in [0.29, 0.717) is 18.8 Å². The number of aliphatic hydroxyl groups is 1. The third-order valence-electron chi connectivity index (χ3n) is 6.56. The lowest BCUT2D eigenvalue weighted by molar-refractivity contribution is -0.161. The van der Waals surface area contributed by atoms with E-state index in [0.717, 1.165) is 44.3 Å². The molecule has 4 rings (SSSR count). The molecular weight excluding hydrogens is 352 g/mol. The van der Waals surface area contributed by atoms with Gasteiger partial charge in [0.05, 0.1) is 5.60 Å². The molecule has 0 bridgehead atoms. The van der Waals surface area contributed by atoms with Crippen molar-refractivity contribution in [1.29, 1.82) is 0 Å². The van der Waals surface area contributed by atoms with Crippen LogP contribution in [0.25, 0.3) is 0 Å². The molecule has 1 amide bonds. The number of alkyl halides is 2. The number of amides is 1.